The van der Waals surface area contributed by atoms with E-state index >= 15 is 0 Å². The van der Waals surface area contributed by atoms with Gasteiger partial charge >= 0.3 is 0 Å². The lowest BCUT2D eigenvalue weighted by molar-refractivity contribution is 0.734. The monoisotopic (exact) mass is 218 g/mol. The van der Waals surface area contributed by atoms with Gasteiger partial charge in [0.15, 0.2) is 0 Å². The number of rotatable bonds is 5. The fraction of sp³-hybridized carbons (Fsp3) is 0.429. The first kappa shape index (κ1) is 12.6. The maximum Gasteiger partial charge on any atom is 0.0383 e. The molecule has 1 atom stereocenters. The molecule has 0 heterocycles. The summed E-state index contributed by atoms with van der Waals surface area (Å²) in [6, 6.07) is 8.50. The average molecular weight is 218 g/mol. The van der Waals surface area contributed by atoms with Crippen molar-refractivity contribution >= 4 is 5.69 Å². The third-order valence-corrected chi connectivity index (χ3v) is 2.90. The molecule has 0 amide bonds. The molecule has 0 aliphatic rings. The van der Waals surface area contributed by atoms with Crippen LogP contribution in [0, 0.1) is 0 Å². The van der Waals surface area contributed by atoms with Crippen LogP contribution in [-0.4, -0.2) is 0 Å². The highest BCUT2D eigenvalue weighted by Crippen LogP contribution is 2.21. The van der Waals surface area contributed by atoms with Gasteiger partial charge in [-0.1, -0.05) is 32.9 Å². The maximum atomic E-state index is 5.74. The van der Waals surface area contributed by atoms with Gasteiger partial charge in [-0.15, -0.1) is 0 Å². The molecule has 2 heteroatoms. The summed E-state index contributed by atoms with van der Waals surface area (Å²) in [5.74, 6) is 0.606. The van der Waals surface area contributed by atoms with E-state index in [-0.39, 0.29) is 0 Å². The lowest BCUT2D eigenvalue weighted by Gasteiger charge is -2.10. The van der Waals surface area contributed by atoms with E-state index in [4.69, 9.17) is 5.73 Å². The normalized spacial score (nSPS) is 13.6. The molecule has 1 aromatic rings. The fourth-order valence-electron chi connectivity index (χ4n) is 1.45. The molecule has 3 N–H and O–H groups in total. The quantitative estimate of drug-likeness (QED) is 0.788. The zero-order chi connectivity index (χ0) is 12.0. The molecule has 1 unspecified atom stereocenters. The SMILES string of the molecule is CC/C(N)=C/Nc1cccc(C(C)CC)c1. The van der Waals surface area contributed by atoms with Crippen molar-refractivity contribution in [2.24, 2.45) is 5.73 Å². The minimum absolute atomic E-state index is 0.606. The van der Waals surface area contributed by atoms with Gasteiger partial charge in [0.05, 0.1) is 0 Å². The first-order valence-corrected chi connectivity index (χ1v) is 5.98. The van der Waals surface area contributed by atoms with Gasteiger partial charge in [0, 0.05) is 17.6 Å². The van der Waals surface area contributed by atoms with Crippen LogP contribution in [0.5, 0.6) is 0 Å². The molecule has 0 saturated heterocycles. The Hall–Kier alpha value is -1.44. The highest BCUT2D eigenvalue weighted by molar-refractivity contribution is 5.48. The molecule has 2 nitrogen and oxygen atoms in total. The summed E-state index contributed by atoms with van der Waals surface area (Å²) in [7, 11) is 0. The molecule has 0 aromatic heterocycles. The Morgan fingerprint density at radius 2 is 2.19 bits per heavy atom. The lowest BCUT2D eigenvalue weighted by atomic mass is 9.98. The number of anilines is 1. The van der Waals surface area contributed by atoms with Crippen LogP contribution in [0.3, 0.4) is 0 Å². The van der Waals surface area contributed by atoms with Crippen LogP contribution in [-0.2, 0) is 0 Å². The zero-order valence-electron chi connectivity index (χ0n) is 10.5. The van der Waals surface area contributed by atoms with Crippen molar-refractivity contribution in [1.29, 1.82) is 0 Å². The van der Waals surface area contributed by atoms with E-state index in [1.54, 1.807) is 0 Å². The summed E-state index contributed by atoms with van der Waals surface area (Å²) < 4.78 is 0. The number of hydrogen-bond donors (Lipinski definition) is 2. The predicted octanol–water partition coefficient (Wildman–Crippen LogP) is 3.82. The standard InChI is InChI=1S/C14H22N2/c1-4-11(3)12-7-6-8-14(9-12)16-10-13(15)5-2/h6-11,16H,4-5,15H2,1-3H3/b13-10-. The van der Waals surface area contributed by atoms with Crippen molar-refractivity contribution in [2.45, 2.75) is 39.5 Å². The van der Waals surface area contributed by atoms with Gasteiger partial charge in [0.2, 0.25) is 0 Å². The second-order valence-electron chi connectivity index (χ2n) is 4.15. The second-order valence-corrected chi connectivity index (χ2v) is 4.15. The van der Waals surface area contributed by atoms with Crippen molar-refractivity contribution in [2.75, 3.05) is 5.32 Å². The number of hydrogen-bond acceptors (Lipinski definition) is 2. The Balaban J connectivity index is 2.75. The van der Waals surface area contributed by atoms with Crippen LogP contribution < -0.4 is 11.1 Å². The Bertz CT molecular complexity index is 356. The van der Waals surface area contributed by atoms with Crippen LogP contribution in [0.25, 0.3) is 0 Å². The van der Waals surface area contributed by atoms with Crippen molar-refractivity contribution in [3.8, 4) is 0 Å². The molecule has 1 aromatic carbocycles. The van der Waals surface area contributed by atoms with Crippen molar-refractivity contribution in [3.05, 3.63) is 41.7 Å². The van der Waals surface area contributed by atoms with Crippen molar-refractivity contribution in [3.63, 3.8) is 0 Å². The Labute approximate surface area is 98.6 Å². The van der Waals surface area contributed by atoms with Crippen LogP contribution in [0.15, 0.2) is 36.2 Å². The largest absolute Gasteiger partial charge is 0.401 e. The zero-order valence-corrected chi connectivity index (χ0v) is 10.5. The van der Waals surface area contributed by atoms with E-state index in [2.05, 4.69) is 43.4 Å². The molecular formula is C14H22N2. The van der Waals surface area contributed by atoms with E-state index < -0.39 is 0 Å². The molecule has 0 aliphatic heterocycles. The highest BCUT2D eigenvalue weighted by Gasteiger charge is 2.02. The molecule has 1 rings (SSSR count). The van der Waals surface area contributed by atoms with Crippen molar-refractivity contribution < 1.29 is 0 Å². The molecule has 0 fully saturated rings. The third-order valence-electron chi connectivity index (χ3n) is 2.90. The number of allylic oxidation sites excluding steroid dienone is 1. The first-order valence-electron chi connectivity index (χ1n) is 5.98. The third kappa shape index (κ3) is 3.61. The molecule has 88 valence electrons. The highest BCUT2D eigenvalue weighted by atomic mass is 14.9. The van der Waals surface area contributed by atoms with Crippen molar-refractivity contribution in [1.82, 2.24) is 0 Å². The van der Waals surface area contributed by atoms with Crippen LogP contribution >= 0.6 is 0 Å². The summed E-state index contributed by atoms with van der Waals surface area (Å²) in [5.41, 5.74) is 9.09. The van der Waals surface area contributed by atoms with Gasteiger partial charge in [-0.05, 0) is 36.5 Å². The molecule has 0 bridgehead atoms. The minimum atomic E-state index is 0.606. The van der Waals surface area contributed by atoms with Crippen LogP contribution in [0.2, 0.25) is 0 Å². The Kier molecular flexibility index (Phi) is 4.90. The fourth-order valence-corrected chi connectivity index (χ4v) is 1.45. The second kappa shape index (κ2) is 6.21. The van der Waals surface area contributed by atoms with Gasteiger partial charge in [-0.3, -0.25) is 0 Å². The minimum Gasteiger partial charge on any atom is -0.401 e. The lowest BCUT2D eigenvalue weighted by Crippen LogP contribution is -2.00. The molecule has 0 radical (unpaired) electrons. The Morgan fingerprint density at radius 3 is 2.81 bits per heavy atom. The molecule has 0 spiro atoms. The molecule has 0 aliphatic carbocycles. The molecule has 0 saturated carbocycles. The smallest absolute Gasteiger partial charge is 0.0383 e. The summed E-state index contributed by atoms with van der Waals surface area (Å²) in [6.07, 6.45) is 3.91. The van der Waals surface area contributed by atoms with Gasteiger partial charge in [0.25, 0.3) is 0 Å². The van der Waals surface area contributed by atoms with Crippen LogP contribution in [0.1, 0.15) is 45.1 Å². The summed E-state index contributed by atoms with van der Waals surface area (Å²) in [6.45, 7) is 6.50. The van der Waals surface area contributed by atoms with E-state index in [1.165, 1.54) is 5.56 Å². The van der Waals surface area contributed by atoms with Crippen LogP contribution in [0.4, 0.5) is 5.69 Å². The van der Waals surface area contributed by atoms with Gasteiger partial charge in [-0.2, -0.15) is 0 Å². The summed E-state index contributed by atoms with van der Waals surface area (Å²) in [5, 5.41) is 3.23. The van der Waals surface area contributed by atoms with E-state index in [0.717, 1.165) is 24.2 Å². The van der Waals surface area contributed by atoms with Gasteiger partial charge < -0.3 is 11.1 Å². The summed E-state index contributed by atoms with van der Waals surface area (Å²) >= 11 is 0. The van der Waals surface area contributed by atoms with E-state index in [1.807, 2.05) is 13.1 Å². The molecule has 16 heavy (non-hydrogen) atoms. The number of benzene rings is 1. The summed E-state index contributed by atoms with van der Waals surface area (Å²) in [4.78, 5) is 0. The van der Waals surface area contributed by atoms with E-state index in [0.29, 0.717) is 5.92 Å². The first-order chi connectivity index (χ1) is 7.67. The number of nitrogens with two attached hydrogens (primary N) is 1. The predicted molar refractivity (Wildman–Crippen MR) is 71.3 cm³/mol. The average Bonchev–Trinajstić information content (AvgIpc) is 2.35. The van der Waals surface area contributed by atoms with E-state index in [9.17, 15) is 0 Å². The Morgan fingerprint density at radius 1 is 1.44 bits per heavy atom. The molecular weight excluding hydrogens is 196 g/mol. The maximum absolute atomic E-state index is 5.74. The van der Waals surface area contributed by atoms with Gasteiger partial charge in [0.1, 0.15) is 0 Å². The topological polar surface area (TPSA) is 38.0 Å². The van der Waals surface area contributed by atoms with Gasteiger partial charge in [-0.25, -0.2) is 0 Å². The number of nitrogens with one attached hydrogen (secondary N) is 1.